The van der Waals surface area contributed by atoms with E-state index in [9.17, 15) is 0 Å². The van der Waals surface area contributed by atoms with E-state index in [1.54, 1.807) is 7.11 Å². The predicted octanol–water partition coefficient (Wildman–Crippen LogP) is 0.307. The molecule has 0 aliphatic carbocycles. The fraction of sp³-hybridized carbons (Fsp3) is 1.00. The van der Waals surface area contributed by atoms with Crippen LogP contribution in [0.2, 0.25) is 0 Å². The number of rotatable bonds is 13. The number of methoxy groups -OCH3 is 1. The van der Waals surface area contributed by atoms with Crippen molar-refractivity contribution in [3.05, 3.63) is 0 Å². The summed E-state index contributed by atoms with van der Waals surface area (Å²) in [6.07, 6.45) is 1.12. The Kier molecular flexibility index (Phi) is 11.1. The third-order valence-electron chi connectivity index (χ3n) is 3.38. The van der Waals surface area contributed by atoms with E-state index in [-0.39, 0.29) is 0 Å². The van der Waals surface area contributed by atoms with Crippen molar-refractivity contribution in [2.75, 3.05) is 73.6 Å². The molecule has 0 radical (unpaired) electrons. The zero-order valence-electron chi connectivity index (χ0n) is 12.8. The highest BCUT2D eigenvalue weighted by molar-refractivity contribution is 4.77. The summed E-state index contributed by atoms with van der Waals surface area (Å²) in [4.78, 5) is 0. The lowest BCUT2D eigenvalue weighted by Gasteiger charge is -2.21. The first kappa shape index (κ1) is 17.8. The molecule has 20 heavy (non-hydrogen) atoms. The van der Waals surface area contributed by atoms with E-state index in [1.807, 2.05) is 7.05 Å². The lowest BCUT2D eigenvalue weighted by atomic mass is 10.0. The molecule has 0 bridgehead atoms. The highest BCUT2D eigenvalue weighted by Crippen LogP contribution is 2.16. The van der Waals surface area contributed by atoms with Crippen molar-refractivity contribution in [1.29, 1.82) is 0 Å². The molecular formula is C14H29NO5. The summed E-state index contributed by atoms with van der Waals surface area (Å²) < 4.78 is 26.6. The van der Waals surface area contributed by atoms with Gasteiger partial charge in [-0.1, -0.05) is 0 Å². The van der Waals surface area contributed by atoms with E-state index in [2.05, 4.69) is 5.32 Å². The van der Waals surface area contributed by atoms with Gasteiger partial charge in [-0.05, 0) is 13.5 Å². The Balaban J connectivity index is 1.85. The zero-order valence-corrected chi connectivity index (χ0v) is 12.8. The third kappa shape index (κ3) is 8.14. The van der Waals surface area contributed by atoms with Gasteiger partial charge in [-0.15, -0.1) is 0 Å². The maximum absolute atomic E-state index is 5.64. The van der Waals surface area contributed by atoms with Gasteiger partial charge in [-0.3, -0.25) is 0 Å². The fourth-order valence-corrected chi connectivity index (χ4v) is 2.12. The number of hydrogen-bond acceptors (Lipinski definition) is 6. The molecule has 1 rings (SSSR count). The molecule has 0 amide bonds. The van der Waals surface area contributed by atoms with Crippen LogP contribution in [-0.2, 0) is 23.7 Å². The molecule has 6 heteroatoms. The molecular weight excluding hydrogens is 262 g/mol. The number of hydrogen-bond donors (Lipinski definition) is 1. The average molecular weight is 291 g/mol. The third-order valence-corrected chi connectivity index (χ3v) is 3.38. The summed E-state index contributed by atoms with van der Waals surface area (Å²) in [6, 6.07) is 0.370. The first-order valence-electron chi connectivity index (χ1n) is 7.35. The molecule has 120 valence electrons. The molecule has 1 aliphatic rings. The van der Waals surface area contributed by atoms with Gasteiger partial charge in [-0.2, -0.15) is 0 Å². The molecule has 0 spiro atoms. The topological polar surface area (TPSA) is 58.2 Å². The Morgan fingerprint density at radius 1 is 1.05 bits per heavy atom. The highest BCUT2D eigenvalue weighted by atomic mass is 16.6. The maximum atomic E-state index is 5.64. The van der Waals surface area contributed by atoms with Crippen molar-refractivity contribution in [2.24, 2.45) is 5.92 Å². The molecule has 6 nitrogen and oxygen atoms in total. The van der Waals surface area contributed by atoms with Gasteiger partial charge < -0.3 is 29.0 Å². The van der Waals surface area contributed by atoms with Gasteiger partial charge in [-0.25, -0.2) is 0 Å². The Morgan fingerprint density at radius 2 is 1.70 bits per heavy atom. The Morgan fingerprint density at radius 3 is 2.25 bits per heavy atom. The lowest BCUT2D eigenvalue weighted by molar-refractivity contribution is -0.00150. The van der Waals surface area contributed by atoms with Crippen molar-refractivity contribution >= 4 is 0 Å². The summed E-state index contributed by atoms with van der Waals surface area (Å²) >= 11 is 0. The largest absolute Gasteiger partial charge is 0.382 e. The molecule has 1 heterocycles. The van der Waals surface area contributed by atoms with Gasteiger partial charge in [0, 0.05) is 25.7 Å². The van der Waals surface area contributed by atoms with E-state index in [1.165, 1.54) is 0 Å². The molecule has 1 saturated heterocycles. The normalized spacial score (nSPS) is 20.4. The van der Waals surface area contributed by atoms with Crippen molar-refractivity contribution in [3.8, 4) is 0 Å². The molecule has 2 atom stereocenters. The summed E-state index contributed by atoms with van der Waals surface area (Å²) in [5, 5.41) is 3.30. The van der Waals surface area contributed by atoms with Gasteiger partial charge in [0.25, 0.3) is 0 Å². The molecule has 1 N–H and O–H groups in total. The first-order chi connectivity index (χ1) is 9.88. The summed E-state index contributed by atoms with van der Waals surface area (Å²) in [6.45, 7) is 6.07. The lowest BCUT2D eigenvalue weighted by Crippen LogP contribution is -2.38. The second kappa shape index (κ2) is 12.5. The highest BCUT2D eigenvalue weighted by Gasteiger charge is 2.24. The van der Waals surface area contributed by atoms with Crippen LogP contribution in [0.25, 0.3) is 0 Å². The predicted molar refractivity (Wildman–Crippen MR) is 76.1 cm³/mol. The molecule has 2 unspecified atom stereocenters. The minimum Gasteiger partial charge on any atom is -0.382 e. The molecule has 0 aromatic rings. The number of likely N-dealkylation sites (N-methyl/N-ethyl adjacent to an activating group) is 1. The summed E-state index contributed by atoms with van der Waals surface area (Å²) in [5.41, 5.74) is 0. The van der Waals surface area contributed by atoms with E-state index in [4.69, 9.17) is 23.7 Å². The fourth-order valence-electron chi connectivity index (χ4n) is 2.12. The molecule has 0 saturated carbocycles. The molecule has 1 aliphatic heterocycles. The Labute approximate surface area is 122 Å². The minimum absolute atomic E-state index is 0.370. The monoisotopic (exact) mass is 291 g/mol. The number of nitrogens with one attached hydrogen (secondary N) is 1. The second-order valence-corrected chi connectivity index (χ2v) is 4.81. The van der Waals surface area contributed by atoms with E-state index >= 15 is 0 Å². The van der Waals surface area contributed by atoms with Gasteiger partial charge in [0.15, 0.2) is 0 Å². The van der Waals surface area contributed by atoms with Crippen LogP contribution >= 0.6 is 0 Å². The summed E-state index contributed by atoms with van der Waals surface area (Å²) in [7, 11) is 3.63. The minimum atomic E-state index is 0.370. The van der Waals surface area contributed by atoms with Gasteiger partial charge >= 0.3 is 0 Å². The van der Waals surface area contributed by atoms with Crippen LogP contribution in [0, 0.1) is 5.92 Å². The van der Waals surface area contributed by atoms with E-state index in [0.29, 0.717) is 58.2 Å². The zero-order chi connectivity index (χ0) is 14.5. The van der Waals surface area contributed by atoms with Crippen molar-refractivity contribution in [1.82, 2.24) is 5.32 Å². The summed E-state index contributed by atoms with van der Waals surface area (Å²) in [5.74, 6) is 0.565. The quantitative estimate of drug-likeness (QED) is 0.493. The SMILES string of the molecule is CNC(COCCOCCOCCOC)C1CCOC1. The van der Waals surface area contributed by atoms with E-state index < -0.39 is 0 Å². The molecule has 0 aromatic heterocycles. The van der Waals surface area contributed by atoms with Crippen LogP contribution in [0.1, 0.15) is 6.42 Å². The van der Waals surface area contributed by atoms with Gasteiger partial charge in [0.1, 0.15) is 0 Å². The molecule has 1 fully saturated rings. The van der Waals surface area contributed by atoms with Crippen LogP contribution in [0.15, 0.2) is 0 Å². The maximum Gasteiger partial charge on any atom is 0.0701 e. The van der Waals surface area contributed by atoms with Crippen LogP contribution in [-0.4, -0.2) is 79.7 Å². The molecule has 0 aromatic carbocycles. The van der Waals surface area contributed by atoms with Crippen molar-refractivity contribution in [2.45, 2.75) is 12.5 Å². The standard InChI is InChI=1S/C14H29NO5/c1-15-14(13-3-4-19-11-13)12-20-10-9-18-8-7-17-6-5-16-2/h13-15H,3-12H2,1-2H3. The Hall–Kier alpha value is -0.240. The van der Waals surface area contributed by atoms with Crippen LogP contribution in [0.4, 0.5) is 0 Å². The van der Waals surface area contributed by atoms with Gasteiger partial charge in [0.2, 0.25) is 0 Å². The smallest absolute Gasteiger partial charge is 0.0701 e. The first-order valence-corrected chi connectivity index (χ1v) is 7.35. The van der Waals surface area contributed by atoms with Crippen molar-refractivity contribution in [3.63, 3.8) is 0 Å². The van der Waals surface area contributed by atoms with Crippen LogP contribution in [0.3, 0.4) is 0 Å². The van der Waals surface area contributed by atoms with Gasteiger partial charge in [0.05, 0.1) is 52.9 Å². The second-order valence-electron chi connectivity index (χ2n) is 4.81. The average Bonchev–Trinajstić information content (AvgIpc) is 2.99. The van der Waals surface area contributed by atoms with Crippen LogP contribution in [0.5, 0.6) is 0 Å². The van der Waals surface area contributed by atoms with E-state index in [0.717, 1.165) is 19.6 Å². The number of ether oxygens (including phenoxy) is 5. The van der Waals surface area contributed by atoms with Crippen LogP contribution < -0.4 is 5.32 Å². The van der Waals surface area contributed by atoms with Crippen molar-refractivity contribution < 1.29 is 23.7 Å². The Bertz CT molecular complexity index is 212.